The number of rotatable bonds is 19. The summed E-state index contributed by atoms with van der Waals surface area (Å²) in [5.41, 5.74) is 0. The fourth-order valence-electron chi connectivity index (χ4n) is 2.95. The van der Waals surface area contributed by atoms with Crippen LogP contribution in [0.15, 0.2) is 0 Å². The van der Waals surface area contributed by atoms with Gasteiger partial charge in [0.1, 0.15) is 12.7 Å². The van der Waals surface area contributed by atoms with Gasteiger partial charge in [-0.1, -0.05) is 96.8 Å². The molecular formula is C21H44CaO4. The molecule has 0 rings (SSSR count). The van der Waals surface area contributed by atoms with Gasteiger partial charge < -0.3 is 14.9 Å². The van der Waals surface area contributed by atoms with Crippen molar-refractivity contribution in [2.24, 2.45) is 0 Å². The summed E-state index contributed by atoms with van der Waals surface area (Å²) < 4.78 is 4.86. The van der Waals surface area contributed by atoms with Gasteiger partial charge >= 0.3 is 43.7 Å². The monoisotopic (exact) mass is 400 g/mol. The average molecular weight is 401 g/mol. The third kappa shape index (κ3) is 22.7. The van der Waals surface area contributed by atoms with Gasteiger partial charge in [-0.25, -0.2) is 0 Å². The van der Waals surface area contributed by atoms with Crippen LogP contribution >= 0.6 is 0 Å². The standard InChI is InChI=1S/C21H42O4.Ca.2H/c1-2-3-4-5-6-7-8-9-10-11-12-13-14-15-16-17-21(24)25-19-20(23)18-22;;;/h20,22-23H,2-19H2,1H3;;;. The first-order valence-corrected chi connectivity index (χ1v) is 10.6. The molecule has 0 amide bonds. The molecule has 1 unspecified atom stereocenters. The number of hydrogen-bond donors (Lipinski definition) is 2. The van der Waals surface area contributed by atoms with Gasteiger partial charge in [0.15, 0.2) is 0 Å². The van der Waals surface area contributed by atoms with Crippen LogP contribution in [0.25, 0.3) is 0 Å². The second-order valence-corrected chi connectivity index (χ2v) is 7.22. The summed E-state index contributed by atoms with van der Waals surface area (Å²) in [5.74, 6) is -0.276. The summed E-state index contributed by atoms with van der Waals surface area (Å²) in [6.07, 6.45) is 19.0. The van der Waals surface area contributed by atoms with E-state index in [4.69, 9.17) is 14.9 Å². The zero-order valence-corrected chi connectivity index (χ0v) is 16.5. The zero-order valence-electron chi connectivity index (χ0n) is 16.5. The van der Waals surface area contributed by atoms with E-state index in [1.807, 2.05) is 0 Å². The van der Waals surface area contributed by atoms with Gasteiger partial charge in [0.05, 0.1) is 6.61 Å². The molecule has 0 aliphatic heterocycles. The van der Waals surface area contributed by atoms with Crippen LogP contribution in [0, 0.1) is 0 Å². The van der Waals surface area contributed by atoms with E-state index < -0.39 is 6.10 Å². The molecule has 4 nitrogen and oxygen atoms in total. The van der Waals surface area contributed by atoms with E-state index in [0.29, 0.717) is 6.42 Å². The molecule has 2 N–H and O–H groups in total. The van der Waals surface area contributed by atoms with Crippen LogP contribution in [0.2, 0.25) is 0 Å². The van der Waals surface area contributed by atoms with Crippen molar-refractivity contribution in [1.29, 1.82) is 0 Å². The number of carbonyl (C=O) groups is 1. The molecule has 0 heterocycles. The molecule has 154 valence electrons. The van der Waals surface area contributed by atoms with Crippen LogP contribution in [0.1, 0.15) is 110 Å². The quantitative estimate of drug-likeness (QED) is 0.193. The van der Waals surface area contributed by atoms with Gasteiger partial charge in [0.25, 0.3) is 0 Å². The molecular weight excluding hydrogens is 356 g/mol. The SMILES string of the molecule is CCCCCCCCCCCCCCCCCC(=O)OCC(O)CO.[CaH2]. The first-order valence-electron chi connectivity index (χ1n) is 10.6. The molecule has 0 radical (unpaired) electrons. The Morgan fingerprint density at radius 3 is 1.54 bits per heavy atom. The van der Waals surface area contributed by atoms with Crippen LogP contribution in [-0.2, 0) is 9.53 Å². The molecule has 0 saturated carbocycles. The summed E-state index contributed by atoms with van der Waals surface area (Å²) in [6.45, 7) is 1.79. The van der Waals surface area contributed by atoms with Gasteiger partial charge in [-0.05, 0) is 6.42 Å². The molecule has 0 aromatic heterocycles. The summed E-state index contributed by atoms with van der Waals surface area (Å²) in [4.78, 5) is 11.4. The van der Waals surface area contributed by atoms with Gasteiger partial charge in [-0.15, -0.1) is 0 Å². The minimum atomic E-state index is -0.954. The Morgan fingerprint density at radius 2 is 1.15 bits per heavy atom. The molecule has 0 aromatic rings. The molecule has 26 heavy (non-hydrogen) atoms. The maximum absolute atomic E-state index is 11.4. The van der Waals surface area contributed by atoms with Crippen molar-refractivity contribution < 1.29 is 19.7 Å². The van der Waals surface area contributed by atoms with Gasteiger partial charge in [0, 0.05) is 6.42 Å². The van der Waals surface area contributed by atoms with Crippen molar-refractivity contribution in [2.45, 2.75) is 116 Å². The normalized spacial score (nSPS) is 11.8. The summed E-state index contributed by atoms with van der Waals surface area (Å²) in [6, 6.07) is 0. The number of aliphatic hydroxyl groups is 2. The fourth-order valence-corrected chi connectivity index (χ4v) is 2.95. The van der Waals surface area contributed by atoms with Crippen molar-refractivity contribution in [3.05, 3.63) is 0 Å². The Bertz CT molecular complexity index is 287. The van der Waals surface area contributed by atoms with E-state index in [0.717, 1.165) is 12.8 Å². The third-order valence-electron chi connectivity index (χ3n) is 4.63. The van der Waals surface area contributed by atoms with Crippen molar-refractivity contribution in [2.75, 3.05) is 13.2 Å². The molecule has 1 atom stereocenters. The molecule has 5 heteroatoms. The molecule has 0 aliphatic carbocycles. The predicted octanol–water partition coefficient (Wildman–Crippen LogP) is 4.23. The Hall–Kier alpha value is 0.650. The maximum atomic E-state index is 11.4. The molecule has 0 aliphatic rings. The van der Waals surface area contributed by atoms with Crippen molar-refractivity contribution in [1.82, 2.24) is 0 Å². The van der Waals surface area contributed by atoms with E-state index in [-0.39, 0.29) is 56.9 Å². The topological polar surface area (TPSA) is 66.8 Å². The minimum absolute atomic E-state index is 0. The Morgan fingerprint density at radius 1 is 0.769 bits per heavy atom. The molecule has 0 saturated heterocycles. The first kappa shape index (κ1) is 28.9. The third-order valence-corrected chi connectivity index (χ3v) is 4.63. The van der Waals surface area contributed by atoms with Crippen molar-refractivity contribution in [3.63, 3.8) is 0 Å². The van der Waals surface area contributed by atoms with Crippen LogP contribution < -0.4 is 0 Å². The van der Waals surface area contributed by atoms with Crippen LogP contribution in [-0.4, -0.2) is 73.2 Å². The van der Waals surface area contributed by atoms with Gasteiger partial charge in [-0.3, -0.25) is 4.79 Å². The Labute approximate surface area is 191 Å². The summed E-state index contributed by atoms with van der Waals surface area (Å²) in [7, 11) is 0. The van der Waals surface area contributed by atoms with E-state index in [2.05, 4.69) is 6.92 Å². The van der Waals surface area contributed by atoms with E-state index in [1.54, 1.807) is 0 Å². The molecule has 0 spiro atoms. The fraction of sp³-hybridized carbons (Fsp3) is 0.952. The Kier molecular flexibility index (Phi) is 26.3. The first-order chi connectivity index (χ1) is 12.2. The van der Waals surface area contributed by atoms with Crippen LogP contribution in [0.4, 0.5) is 0 Å². The molecule has 0 fully saturated rings. The number of aliphatic hydroxyl groups excluding tert-OH is 2. The van der Waals surface area contributed by atoms with E-state index >= 15 is 0 Å². The molecule has 0 aromatic carbocycles. The number of carbonyl (C=O) groups excluding carboxylic acids is 1. The van der Waals surface area contributed by atoms with E-state index in [1.165, 1.54) is 83.5 Å². The number of esters is 1. The number of ether oxygens (including phenoxy) is 1. The van der Waals surface area contributed by atoms with Crippen LogP contribution in [0.3, 0.4) is 0 Å². The van der Waals surface area contributed by atoms with Crippen molar-refractivity contribution >= 4 is 43.7 Å². The second kappa shape index (κ2) is 23.7. The van der Waals surface area contributed by atoms with E-state index in [9.17, 15) is 4.79 Å². The second-order valence-electron chi connectivity index (χ2n) is 7.22. The van der Waals surface area contributed by atoms with Crippen molar-refractivity contribution in [3.8, 4) is 0 Å². The number of hydrogen-bond acceptors (Lipinski definition) is 4. The number of unbranched alkanes of at least 4 members (excludes halogenated alkanes) is 14. The summed E-state index contributed by atoms with van der Waals surface area (Å²) in [5, 5.41) is 17.7. The van der Waals surface area contributed by atoms with Crippen LogP contribution in [0.5, 0.6) is 0 Å². The average Bonchev–Trinajstić information content (AvgIpc) is 2.62. The summed E-state index contributed by atoms with van der Waals surface area (Å²) >= 11 is 0. The van der Waals surface area contributed by atoms with Gasteiger partial charge in [0.2, 0.25) is 0 Å². The molecule has 0 bridgehead atoms. The zero-order chi connectivity index (χ0) is 18.6. The van der Waals surface area contributed by atoms with Gasteiger partial charge in [-0.2, -0.15) is 0 Å². The Balaban J connectivity index is 0. The predicted molar refractivity (Wildman–Crippen MR) is 112 cm³/mol.